The molecule has 1 aliphatic carbocycles. The number of carbonyl (C=O) groups is 1. The monoisotopic (exact) mass is 277 g/mol. The van der Waals surface area contributed by atoms with E-state index in [-0.39, 0.29) is 5.92 Å². The fraction of sp³-hybridized carbons (Fsp3) is 0.316. The SMILES string of the molecule is O=C1C2CC(Cc3ccccc32)CN1Cc1ccccc1. The molecular formula is C19H19NO. The molecule has 0 N–H and O–H groups in total. The molecule has 2 unspecified atom stereocenters. The Bertz CT molecular complexity index is 664. The molecule has 4 rings (SSSR count). The van der Waals surface area contributed by atoms with Crippen LogP contribution in [-0.2, 0) is 17.8 Å². The van der Waals surface area contributed by atoms with Crippen LogP contribution in [0.1, 0.15) is 29.0 Å². The van der Waals surface area contributed by atoms with E-state index in [4.69, 9.17) is 0 Å². The zero-order chi connectivity index (χ0) is 14.2. The van der Waals surface area contributed by atoms with Crippen molar-refractivity contribution in [3.63, 3.8) is 0 Å². The van der Waals surface area contributed by atoms with E-state index in [1.165, 1.54) is 16.7 Å². The molecule has 1 heterocycles. The van der Waals surface area contributed by atoms with Gasteiger partial charge >= 0.3 is 0 Å². The summed E-state index contributed by atoms with van der Waals surface area (Å²) in [5.41, 5.74) is 3.86. The van der Waals surface area contributed by atoms with Crippen LogP contribution in [0.3, 0.4) is 0 Å². The average Bonchev–Trinajstić information content (AvgIpc) is 2.53. The summed E-state index contributed by atoms with van der Waals surface area (Å²) in [5, 5.41) is 0. The lowest BCUT2D eigenvalue weighted by Crippen LogP contribution is -2.46. The van der Waals surface area contributed by atoms with Gasteiger partial charge in [-0.3, -0.25) is 4.79 Å². The Morgan fingerprint density at radius 3 is 2.62 bits per heavy atom. The predicted octanol–water partition coefficient (Wildman–Crippen LogP) is 3.38. The number of hydrogen-bond acceptors (Lipinski definition) is 1. The lowest BCUT2D eigenvalue weighted by Gasteiger charge is -2.41. The highest BCUT2D eigenvalue weighted by molar-refractivity contribution is 5.85. The van der Waals surface area contributed by atoms with Gasteiger partial charge in [0.1, 0.15) is 0 Å². The van der Waals surface area contributed by atoms with Crippen molar-refractivity contribution in [1.29, 1.82) is 0 Å². The Kier molecular flexibility index (Phi) is 3.03. The smallest absolute Gasteiger partial charge is 0.230 e. The van der Waals surface area contributed by atoms with Crippen LogP contribution < -0.4 is 0 Å². The van der Waals surface area contributed by atoms with Gasteiger partial charge in [0.25, 0.3) is 0 Å². The van der Waals surface area contributed by atoms with Crippen LogP contribution in [-0.4, -0.2) is 17.4 Å². The zero-order valence-electron chi connectivity index (χ0n) is 12.0. The van der Waals surface area contributed by atoms with Crippen LogP contribution >= 0.6 is 0 Å². The number of rotatable bonds is 2. The minimum absolute atomic E-state index is 0.0809. The van der Waals surface area contributed by atoms with Crippen LogP contribution in [0.15, 0.2) is 54.6 Å². The number of carbonyl (C=O) groups excluding carboxylic acids is 1. The summed E-state index contributed by atoms with van der Waals surface area (Å²) in [7, 11) is 0. The molecule has 106 valence electrons. The van der Waals surface area contributed by atoms with Gasteiger partial charge in [0.2, 0.25) is 5.91 Å². The topological polar surface area (TPSA) is 20.3 Å². The maximum Gasteiger partial charge on any atom is 0.230 e. The number of amides is 1. The van der Waals surface area contributed by atoms with Crippen molar-refractivity contribution in [3.05, 3.63) is 71.3 Å². The fourth-order valence-electron chi connectivity index (χ4n) is 3.86. The molecule has 2 aromatic rings. The Morgan fingerprint density at radius 2 is 1.76 bits per heavy atom. The van der Waals surface area contributed by atoms with Crippen molar-refractivity contribution in [2.24, 2.45) is 5.92 Å². The fourth-order valence-corrected chi connectivity index (χ4v) is 3.86. The molecule has 1 aliphatic heterocycles. The van der Waals surface area contributed by atoms with E-state index in [2.05, 4.69) is 41.3 Å². The molecule has 2 nitrogen and oxygen atoms in total. The van der Waals surface area contributed by atoms with E-state index in [9.17, 15) is 4.79 Å². The second kappa shape index (κ2) is 5.03. The molecule has 0 aromatic heterocycles. The Labute approximate surface area is 125 Å². The molecule has 1 amide bonds. The Hall–Kier alpha value is -2.09. The second-order valence-electron chi connectivity index (χ2n) is 6.26. The molecule has 2 atom stereocenters. The van der Waals surface area contributed by atoms with Gasteiger partial charge in [-0.1, -0.05) is 54.6 Å². The van der Waals surface area contributed by atoms with Gasteiger partial charge in [0.05, 0.1) is 5.92 Å². The molecule has 21 heavy (non-hydrogen) atoms. The average molecular weight is 277 g/mol. The largest absolute Gasteiger partial charge is 0.338 e. The van der Waals surface area contributed by atoms with Crippen molar-refractivity contribution in [2.45, 2.75) is 25.3 Å². The maximum atomic E-state index is 12.8. The van der Waals surface area contributed by atoms with Crippen LogP contribution in [0.25, 0.3) is 0 Å². The van der Waals surface area contributed by atoms with Crippen LogP contribution in [0.5, 0.6) is 0 Å². The summed E-state index contributed by atoms with van der Waals surface area (Å²) in [6.07, 6.45) is 2.15. The van der Waals surface area contributed by atoms with Gasteiger partial charge in [-0.2, -0.15) is 0 Å². The first-order valence-corrected chi connectivity index (χ1v) is 7.72. The van der Waals surface area contributed by atoms with E-state index in [1.807, 2.05) is 18.2 Å². The number of likely N-dealkylation sites (tertiary alicyclic amines) is 1. The lowest BCUT2D eigenvalue weighted by molar-refractivity contribution is -0.138. The quantitative estimate of drug-likeness (QED) is 0.824. The van der Waals surface area contributed by atoms with Crippen molar-refractivity contribution in [3.8, 4) is 0 Å². The molecule has 0 radical (unpaired) electrons. The third-order valence-electron chi connectivity index (χ3n) is 4.81. The van der Waals surface area contributed by atoms with Gasteiger partial charge in [-0.15, -0.1) is 0 Å². The summed E-state index contributed by atoms with van der Waals surface area (Å²) >= 11 is 0. The number of benzene rings is 2. The predicted molar refractivity (Wildman–Crippen MR) is 82.9 cm³/mol. The Balaban J connectivity index is 1.62. The molecule has 1 fully saturated rings. The standard InChI is InChI=1S/C19H19NO/c21-19-18-11-15(10-16-8-4-5-9-17(16)18)13-20(19)12-14-6-2-1-3-7-14/h1-9,15,18H,10-13H2. The molecular weight excluding hydrogens is 258 g/mol. The number of nitrogens with zero attached hydrogens (tertiary/aromatic N) is 1. The lowest BCUT2D eigenvalue weighted by atomic mass is 9.73. The van der Waals surface area contributed by atoms with Gasteiger partial charge in [0, 0.05) is 13.1 Å². The first-order valence-electron chi connectivity index (χ1n) is 7.72. The van der Waals surface area contributed by atoms with Crippen molar-refractivity contribution < 1.29 is 4.79 Å². The number of hydrogen-bond donors (Lipinski definition) is 0. The molecule has 2 bridgehead atoms. The van der Waals surface area contributed by atoms with E-state index in [1.54, 1.807) is 0 Å². The summed E-state index contributed by atoms with van der Waals surface area (Å²) in [6, 6.07) is 18.8. The third kappa shape index (κ3) is 2.25. The van der Waals surface area contributed by atoms with Crippen molar-refractivity contribution in [1.82, 2.24) is 4.90 Å². The normalized spacial score (nSPS) is 23.8. The summed E-state index contributed by atoms with van der Waals surface area (Å²) in [5.74, 6) is 1.01. The molecule has 1 saturated heterocycles. The first-order chi connectivity index (χ1) is 10.3. The highest BCUT2D eigenvalue weighted by Crippen LogP contribution is 2.40. The van der Waals surface area contributed by atoms with Crippen LogP contribution in [0.4, 0.5) is 0 Å². The third-order valence-corrected chi connectivity index (χ3v) is 4.81. The zero-order valence-corrected chi connectivity index (χ0v) is 12.0. The second-order valence-corrected chi connectivity index (χ2v) is 6.26. The van der Waals surface area contributed by atoms with Gasteiger partial charge < -0.3 is 4.90 Å². The summed E-state index contributed by atoms with van der Waals surface area (Å²) < 4.78 is 0. The van der Waals surface area contributed by atoms with Crippen molar-refractivity contribution >= 4 is 5.91 Å². The highest BCUT2D eigenvalue weighted by atomic mass is 16.2. The molecule has 2 aliphatic rings. The molecule has 2 heteroatoms. The summed E-state index contributed by atoms with van der Waals surface area (Å²) in [6.45, 7) is 1.65. The minimum atomic E-state index is 0.0809. The van der Waals surface area contributed by atoms with E-state index in [0.29, 0.717) is 11.8 Å². The first kappa shape index (κ1) is 12.6. The van der Waals surface area contributed by atoms with Crippen LogP contribution in [0.2, 0.25) is 0 Å². The van der Waals surface area contributed by atoms with E-state index in [0.717, 1.165) is 25.9 Å². The van der Waals surface area contributed by atoms with Gasteiger partial charge in [-0.25, -0.2) is 0 Å². The van der Waals surface area contributed by atoms with Crippen molar-refractivity contribution in [2.75, 3.05) is 6.54 Å². The summed E-state index contributed by atoms with van der Waals surface area (Å²) in [4.78, 5) is 14.9. The van der Waals surface area contributed by atoms with Crippen LogP contribution in [0, 0.1) is 5.92 Å². The van der Waals surface area contributed by atoms with E-state index >= 15 is 0 Å². The molecule has 0 saturated carbocycles. The van der Waals surface area contributed by atoms with E-state index < -0.39 is 0 Å². The maximum absolute atomic E-state index is 12.8. The molecule has 0 spiro atoms. The van der Waals surface area contributed by atoms with Gasteiger partial charge in [0.15, 0.2) is 0 Å². The minimum Gasteiger partial charge on any atom is -0.338 e. The molecule has 2 aromatic carbocycles. The van der Waals surface area contributed by atoms with Gasteiger partial charge in [-0.05, 0) is 35.4 Å². The Morgan fingerprint density at radius 1 is 1.00 bits per heavy atom. The number of fused-ring (bicyclic) bond motifs is 4. The highest BCUT2D eigenvalue weighted by Gasteiger charge is 2.39. The number of piperidine rings is 1.